The molecule has 2 N–H and O–H groups in total. The van der Waals surface area contributed by atoms with Crippen LogP contribution in [-0.2, 0) is 4.79 Å². The molecule has 5 nitrogen and oxygen atoms in total. The number of urea groups is 1. The van der Waals surface area contributed by atoms with Gasteiger partial charge >= 0.3 is 12.0 Å². The number of carbonyl (C=O) groups is 2. The highest BCUT2D eigenvalue weighted by atomic mass is 32.2. The van der Waals surface area contributed by atoms with Crippen LogP contribution in [0.25, 0.3) is 0 Å². The van der Waals surface area contributed by atoms with E-state index >= 15 is 0 Å². The standard InChI is InChI=1S/C11H20N2O3S/c1-8(2)4-3-5-12-11(16)13-7-17-6-9(13)10(14)15/h8-9H,3-7H2,1-2H3,(H,12,16)(H,14,15)/t9-/m0/s1. The van der Waals surface area contributed by atoms with Gasteiger partial charge in [0.1, 0.15) is 6.04 Å². The second-order valence-electron chi connectivity index (χ2n) is 4.59. The molecule has 1 heterocycles. The highest BCUT2D eigenvalue weighted by Crippen LogP contribution is 2.20. The van der Waals surface area contributed by atoms with Crippen molar-refractivity contribution in [1.29, 1.82) is 0 Å². The van der Waals surface area contributed by atoms with Gasteiger partial charge in [-0.1, -0.05) is 13.8 Å². The predicted molar refractivity (Wildman–Crippen MR) is 68.1 cm³/mol. The zero-order valence-electron chi connectivity index (χ0n) is 10.3. The summed E-state index contributed by atoms with van der Waals surface area (Å²) in [5.41, 5.74) is 0. The Kier molecular flexibility index (Phi) is 5.61. The fourth-order valence-electron chi connectivity index (χ4n) is 1.65. The van der Waals surface area contributed by atoms with E-state index in [1.807, 2.05) is 0 Å². The Morgan fingerprint density at radius 2 is 2.24 bits per heavy atom. The Hall–Kier alpha value is -0.910. The molecule has 0 radical (unpaired) electrons. The number of hydrogen-bond acceptors (Lipinski definition) is 3. The highest BCUT2D eigenvalue weighted by molar-refractivity contribution is 7.99. The molecule has 2 amide bonds. The molecule has 1 rings (SSSR count). The monoisotopic (exact) mass is 260 g/mol. The van der Waals surface area contributed by atoms with E-state index in [1.165, 1.54) is 16.7 Å². The van der Waals surface area contributed by atoms with E-state index in [9.17, 15) is 9.59 Å². The number of aliphatic carboxylic acids is 1. The van der Waals surface area contributed by atoms with Crippen molar-refractivity contribution >= 4 is 23.8 Å². The van der Waals surface area contributed by atoms with E-state index in [1.54, 1.807) is 0 Å². The van der Waals surface area contributed by atoms with Gasteiger partial charge in [-0.25, -0.2) is 9.59 Å². The lowest BCUT2D eigenvalue weighted by atomic mass is 10.1. The number of thioether (sulfide) groups is 1. The van der Waals surface area contributed by atoms with Gasteiger partial charge in [0.25, 0.3) is 0 Å². The molecule has 1 saturated heterocycles. The number of nitrogens with zero attached hydrogens (tertiary/aromatic N) is 1. The normalized spacial score (nSPS) is 19.7. The summed E-state index contributed by atoms with van der Waals surface area (Å²) in [5, 5.41) is 11.7. The summed E-state index contributed by atoms with van der Waals surface area (Å²) in [7, 11) is 0. The minimum absolute atomic E-state index is 0.258. The summed E-state index contributed by atoms with van der Waals surface area (Å²) in [5.74, 6) is 0.648. The smallest absolute Gasteiger partial charge is 0.327 e. The van der Waals surface area contributed by atoms with Crippen LogP contribution in [0.3, 0.4) is 0 Å². The van der Waals surface area contributed by atoms with Crippen LogP contribution in [0.4, 0.5) is 4.79 Å². The van der Waals surface area contributed by atoms with Crippen LogP contribution in [0.1, 0.15) is 26.7 Å². The third kappa shape index (κ3) is 4.46. The van der Waals surface area contributed by atoms with E-state index in [0.717, 1.165) is 12.8 Å². The summed E-state index contributed by atoms with van der Waals surface area (Å²) in [6.45, 7) is 4.89. The Morgan fingerprint density at radius 3 is 2.82 bits per heavy atom. The summed E-state index contributed by atoms with van der Waals surface area (Å²) >= 11 is 1.48. The minimum Gasteiger partial charge on any atom is -0.480 e. The Labute approximate surface area is 106 Å². The molecule has 1 fully saturated rings. The SMILES string of the molecule is CC(C)CCCNC(=O)N1CSC[C@H]1C(=O)O. The van der Waals surface area contributed by atoms with Gasteiger partial charge in [0.2, 0.25) is 0 Å². The van der Waals surface area contributed by atoms with Crippen molar-refractivity contribution in [2.45, 2.75) is 32.7 Å². The topological polar surface area (TPSA) is 69.6 Å². The van der Waals surface area contributed by atoms with Crippen LogP contribution in [-0.4, -0.2) is 46.2 Å². The first-order valence-electron chi connectivity index (χ1n) is 5.87. The van der Waals surface area contributed by atoms with E-state index in [0.29, 0.717) is 24.1 Å². The van der Waals surface area contributed by atoms with Crippen LogP contribution in [0.5, 0.6) is 0 Å². The Morgan fingerprint density at radius 1 is 1.53 bits per heavy atom. The van der Waals surface area contributed by atoms with Gasteiger partial charge in [0.15, 0.2) is 0 Å². The van der Waals surface area contributed by atoms with Gasteiger partial charge in [-0.3, -0.25) is 0 Å². The zero-order valence-corrected chi connectivity index (χ0v) is 11.1. The highest BCUT2D eigenvalue weighted by Gasteiger charge is 2.34. The van der Waals surface area contributed by atoms with Gasteiger partial charge in [-0.15, -0.1) is 11.8 Å². The van der Waals surface area contributed by atoms with Gasteiger partial charge in [0, 0.05) is 12.3 Å². The maximum Gasteiger partial charge on any atom is 0.327 e. The van der Waals surface area contributed by atoms with E-state index in [-0.39, 0.29) is 6.03 Å². The average molecular weight is 260 g/mol. The third-order valence-electron chi connectivity index (χ3n) is 2.66. The number of hydrogen-bond donors (Lipinski definition) is 2. The molecule has 1 aliphatic heterocycles. The Bertz CT molecular complexity index is 284. The van der Waals surface area contributed by atoms with Gasteiger partial charge in [0.05, 0.1) is 5.88 Å². The van der Waals surface area contributed by atoms with Crippen molar-refractivity contribution < 1.29 is 14.7 Å². The lowest BCUT2D eigenvalue weighted by Crippen LogP contribution is -2.47. The van der Waals surface area contributed by atoms with Gasteiger partial charge < -0.3 is 15.3 Å². The summed E-state index contributed by atoms with van der Waals surface area (Å²) in [6, 6.07) is -0.934. The van der Waals surface area contributed by atoms with Crippen LogP contribution in [0.2, 0.25) is 0 Å². The number of rotatable bonds is 5. The number of carboxylic acids is 1. The molecule has 0 spiro atoms. The van der Waals surface area contributed by atoms with Gasteiger partial charge in [-0.2, -0.15) is 0 Å². The van der Waals surface area contributed by atoms with Crippen molar-refractivity contribution in [2.24, 2.45) is 5.92 Å². The summed E-state index contributed by atoms with van der Waals surface area (Å²) in [6.07, 6.45) is 2.00. The maximum absolute atomic E-state index is 11.7. The molecule has 0 unspecified atom stereocenters. The lowest BCUT2D eigenvalue weighted by molar-refractivity contribution is -0.140. The fraction of sp³-hybridized carbons (Fsp3) is 0.818. The van der Waals surface area contributed by atoms with Crippen molar-refractivity contribution in [2.75, 3.05) is 18.2 Å². The van der Waals surface area contributed by atoms with Gasteiger partial charge in [-0.05, 0) is 18.8 Å². The first kappa shape index (κ1) is 14.2. The maximum atomic E-state index is 11.7. The van der Waals surface area contributed by atoms with E-state index in [2.05, 4.69) is 19.2 Å². The number of carboxylic acid groups (broad SMARTS) is 1. The molecule has 17 heavy (non-hydrogen) atoms. The molecule has 0 bridgehead atoms. The van der Waals surface area contributed by atoms with Crippen molar-refractivity contribution in [1.82, 2.24) is 10.2 Å². The van der Waals surface area contributed by atoms with Crippen molar-refractivity contribution in [3.63, 3.8) is 0 Å². The third-order valence-corrected chi connectivity index (χ3v) is 3.67. The summed E-state index contributed by atoms with van der Waals surface area (Å²) in [4.78, 5) is 24.0. The molecular weight excluding hydrogens is 240 g/mol. The molecule has 0 saturated carbocycles. The quantitative estimate of drug-likeness (QED) is 0.737. The Balaban J connectivity index is 2.29. The first-order chi connectivity index (χ1) is 8.02. The molecule has 0 aromatic carbocycles. The molecule has 98 valence electrons. The zero-order chi connectivity index (χ0) is 12.8. The molecule has 1 atom stereocenters. The molecule has 0 aliphatic carbocycles. The summed E-state index contributed by atoms with van der Waals surface area (Å²) < 4.78 is 0. The molecule has 0 aromatic rings. The second kappa shape index (κ2) is 6.74. The fourth-order valence-corrected chi connectivity index (χ4v) is 2.80. The van der Waals surface area contributed by atoms with Crippen LogP contribution < -0.4 is 5.32 Å². The molecule has 0 aromatic heterocycles. The second-order valence-corrected chi connectivity index (χ2v) is 5.59. The lowest BCUT2D eigenvalue weighted by Gasteiger charge is -2.20. The number of carbonyl (C=O) groups excluding carboxylic acids is 1. The largest absolute Gasteiger partial charge is 0.480 e. The van der Waals surface area contributed by atoms with Crippen LogP contribution in [0.15, 0.2) is 0 Å². The van der Waals surface area contributed by atoms with Crippen molar-refractivity contribution in [3.05, 3.63) is 0 Å². The van der Waals surface area contributed by atoms with E-state index < -0.39 is 12.0 Å². The minimum atomic E-state index is -0.924. The van der Waals surface area contributed by atoms with Crippen molar-refractivity contribution in [3.8, 4) is 0 Å². The number of amides is 2. The number of nitrogens with one attached hydrogen (secondary N) is 1. The first-order valence-corrected chi connectivity index (χ1v) is 7.03. The average Bonchev–Trinajstić information content (AvgIpc) is 2.72. The molecule has 1 aliphatic rings. The predicted octanol–water partition coefficient (Wildman–Crippen LogP) is 1.59. The van der Waals surface area contributed by atoms with Crippen LogP contribution in [0, 0.1) is 5.92 Å². The molecular formula is C11H20N2O3S. The van der Waals surface area contributed by atoms with Crippen LogP contribution >= 0.6 is 11.8 Å². The van der Waals surface area contributed by atoms with E-state index in [4.69, 9.17) is 5.11 Å². The molecule has 6 heteroatoms.